The van der Waals surface area contributed by atoms with Crippen molar-refractivity contribution in [2.75, 3.05) is 6.61 Å². The first-order valence-corrected chi connectivity index (χ1v) is 10.7. The van der Waals surface area contributed by atoms with Crippen molar-refractivity contribution in [1.29, 1.82) is 0 Å². The second kappa shape index (κ2) is 8.11. The Morgan fingerprint density at radius 1 is 1.34 bits per heavy atom. The molecular formula is C22H31NO6. The van der Waals surface area contributed by atoms with E-state index in [1.54, 1.807) is 0 Å². The van der Waals surface area contributed by atoms with E-state index >= 15 is 0 Å². The molecule has 2 aliphatic carbocycles. The molecule has 4 rings (SSSR count). The smallest absolute Gasteiger partial charge is 0.407 e. The van der Waals surface area contributed by atoms with E-state index in [1.165, 1.54) is 0 Å². The second-order valence-corrected chi connectivity index (χ2v) is 9.02. The Labute approximate surface area is 171 Å². The molecule has 7 heteroatoms. The highest BCUT2D eigenvalue weighted by Gasteiger charge is 2.61. The number of epoxide rings is 1. The molecule has 0 radical (unpaired) electrons. The van der Waals surface area contributed by atoms with Gasteiger partial charge in [-0.3, -0.25) is 0 Å². The summed E-state index contributed by atoms with van der Waals surface area (Å²) >= 11 is 0. The van der Waals surface area contributed by atoms with Gasteiger partial charge in [-0.1, -0.05) is 12.7 Å². The second-order valence-electron chi connectivity index (χ2n) is 9.02. The number of alkyl carbamates (subject to hydrolysis) is 1. The van der Waals surface area contributed by atoms with Crippen LogP contribution in [0.3, 0.4) is 0 Å². The third-order valence-corrected chi connectivity index (χ3v) is 6.85. The van der Waals surface area contributed by atoms with Crippen molar-refractivity contribution in [2.45, 2.75) is 88.2 Å². The number of esters is 1. The minimum Gasteiger partial charge on any atom is -0.455 e. The summed E-state index contributed by atoms with van der Waals surface area (Å²) < 4.78 is 16.9. The average Bonchev–Trinajstić information content (AvgIpc) is 3.28. The minimum absolute atomic E-state index is 0.0540. The molecule has 7 nitrogen and oxygen atoms in total. The monoisotopic (exact) mass is 405 g/mol. The zero-order valence-corrected chi connectivity index (χ0v) is 17.0. The van der Waals surface area contributed by atoms with Crippen molar-refractivity contribution in [2.24, 2.45) is 5.92 Å². The lowest BCUT2D eigenvalue weighted by Crippen LogP contribution is -2.39. The van der Waals surface area contributed by atoms with Gasteiger partial charge in [-0.05, 0) is 63.9 Å². The van der Waals surface area contributed by atoms with Gasteiger partial charge in [0.1, 0.15) is 18.8 Å². The highest BCUT2D eigenvalue weighted by molar-refractivity contribution is 5.91. The first-order valence-electron chi connectivity index (χ1n) is 10.7. The van der Waals surface area contributed by atoms with Crippen LogP contribution in [0.5, 0.6) is 0 Å². The van der Waals surface area contributed by atoms with Gasteiger partial charge in [0.25, 0.3) is 0 Å². The zero-order valence-electron chi connectivity index (χ0n) is 17.0. The van der Waals surface area contributed by atoms with Crippen molar-refractivity contribution in [3.63, 3.8) is 0 Å². The largest absolute Gasteiger partial charge is 0.455 e. The third kappa shape index (κ3) is 4.51. The predicted molar refractivity (Wildman–Crippen MR) is 105 cm³/mol. The van der Waals surface area contributed by atoms with Crippen LogP contribution in [0.15, 0.2) is 23.8 Å². The number of ether oxygens (including phenoxy) is 3. The minimum atomic E-state index is -0.413. The van der Waals surface area contributed by atoms with Gasteiger partial charge < -0.3 is 24.6 Å². The molecule has 29 heavy (non-hydrogen) atoms. The summed E-state index contributed by atoms with van der Waals surface area (Å²) in [6.45, 7) is 6.22. The fourth-order valence-corrected chi connectivity index (χ4v) is 4.84. The van der Waals surface area contributed by atoms with Crippen LogP contribution in [0, 0.1) is 5.92 Å². The number of hydrogen-bond donors (Lipinski definition) is 2. The Kier molecular flexibility index (Phi) is 5.71. The number of hydrogen-bond acceptors (Lipinski definition) is 6. The first kappa shape index (κ1) is 20.4. The van der Waals surface area contributed by atoms with E-state index in [0.717, 1.165) is 44.1 Å². The molecule has 0 aromatic heterocycles. The molecule has 2 heterocycles. The standard InChI is InChI=1S/C22H31NO6/c1-13-17-10-5-14(12-27-21(26)23-15-6-8-16(24)9-7-15)4-3-11-22(2)19(29-22)18(17)28-20(13)25/h4,15-19,24H,1,3,5-12H2,2H3,(H,23,26)/b14-4+/t15?,16?,17-,18-,19-,22+/m0/s1. The van der Waals surface area contributed by atoms with Crippen molar-refractivity contribution in [3.8, 4) is 0 Å². The molecule has 0 spiro atoms. The number of fused-ring (bicyclic) bond motifs is 3. The maximum atomic E-state index is 12.2. The third-order valence-electron chi connectivity index (χ3n) is 6.85. The molecule has 160 valence electrons. The molecule has 4 aliphatic rings. The normalized spacial score (nSPS) is 41.3. The fourth-order valence-electron chi connectivity index (χ4n) is 4.84. The summed E-state index contributed by atoms with van der Waals surface area (Å²) in [4.78, 5) is 24.2. The molecule has 2 aliphatic heterocycles. The summed E-state index contributed by atoms with van der Waals surface area (Å²) in [5.41, 5.74) is 1.30. The topological polar surface area (TPSA) is 97.4 Å². The predicted octanol–water partition coefficient (Wildman–Crippen LogP) is 2.77. The number of rotatable bonds is 3. The van der Waals surface area contributed by atoms with Crippen molar-refractivity contribution in [3.05, 3.63) is 23.8 Å². The van der Waals surface area contributed by atoms with Crippen LogP contribution in [-0.2, 0) is 19.0 Å². The maximum absolute atomic E-state index is 12.2. The van der Waals surface area contributed by atoms with Crippen LogP contribution in [-0.4, -0.2) is 53.7 Å². The molecule has 2 saturated heterocycles. The number of amides is 1. The van der Waals surface area contributed by atoms with Crippen molar-refractivity contribution in [1.82, 2.24) is 5.32 Å². The SMILES string of the molecule is C=C1C(=O)O[C@H]2[C@H]1CC/C(COC(=O)NC1CCC(O)CC1)=C\CC[C@@]1(C)O[C@@H]21. The van der Waals surface area contributed by atoms with Crippen LogP contribution in [0.25, 0.3) is 0 Å². The molecule has 4 atom stereocenters. The average molecular weight is 405 g/mol. The Balaban J connectivity index is 1.33. The first-order chi connectivity index (χ1) is 13.9. The van der Waals surface area contributed by atoms with Crippen LogP contribution < -0.4 is 5.32 Å². The van der Waals surface area contributed by atoms with Crippen LogP contribution >= 0.6 is 0 Å². The summed E-state index contributed by atoms with van der Waals surface area (Å²) in [6, 6.07) is 0.0681. The molecule has 0 bridgehead atoms. The zero-order chi connectivity index (χ0) is 20.6. The fraction of sp³-hybridized carbons (Fsp3) is 0.727. The van der Waals surface area contributed by atoms with Gasteiger partial charge in [0.2, 0.25) is 0 Å². The summed E-state index contributed by atoms with van der Waals surface area (Å²) in [7, 11) is 0. The van der Waals surface area contributed by atoms with Crippen LogP contribution in [0.4, 0.5) is 4.79 Å². The molecule has 1 amide bonds. The number of carbonyl (C=O) groups is 2. The van der Waals surface area contributed by atoms with E-state index < -0.39 is 6.09 Å². The van der Waals surface area contributed by atoms with Crippen LogP contribution in [0.1, 0.15) is 58.3 Å². The Hall–Kier alpha value is -1.86. The Morgan fingerprint density at radius 2 is 2.10 bits per heavy atom. The molecule has 0 unspecified atom stereocenters. The van der Waals surface area contributed by atoms with Crippen molar-refractivity contribution >= 4 is 12.1 Å². The van der Waals surface area contributed by atoms with Gasteiger partial charge in [0, 0.05) is 17.5 Å². The van der Waals surface area contributed by atoms with Gasteiger partial charge in [-0.25, -0.2) is 9.59 Å². The van der Waals surface area contributed by atoms with E-state index in [-0.39, 0.29) is 48.4 Å². The summed E-state index contributed by atoms with van der Waals surface area (Å²) in [5.74, 6) is -0.380. The van der Waals surface area contributed by atoms with Gasteiger partial charge in [-0.2, -0.15) is 0 Å². The van der Waals surface area contributed by atoms with Gasteiger partial charge in [-0.15, -0.1) is 0 Å². The molecule has 2 N–H and O–H groups in total. The highest BCUT2D eigenvalue weighted by Crippen LogP contribution is 2.49. The van der Waals surface area contributed by atoms with E-state index in [1.807, 2.05) is 0 Å². The molecule has 3 fully saturated rings. The van der Waals surface area contributed by atoms with E-state index in [4.69, 9.17) is 14.2 Å². The number of aliphatic hydroxyl groups is 1. The maximum Gasteiger partial charge on any atom is 0.407 e. The lowest BCUT2D eigenvalue weighted by molar-refractivity contribution is -0.140. The van der Waals surface area contributed by atoms with Gasteiger partial charge in [0.05, 0.1) is 11.7 Å². The van der Waals surface area contributed by atoms with E-state index in [9.17, 15) is 14.7 Å². The molecule has 0 aromatic rings. The quantitative estimate of drug-likeness (QED) is 0.324. The molecule has 1 saturated carbocycles. The Bertz CT molecular complexity index is 710. The van der Waals surface area contributed by atoms with E-state index in [0.29, 0.717) is 18.4 Å². The lowest BCUT2D eigenvalue weighted by Gasteiger charge is -2.26. The van der Waals surface area contributed by atoms with E-state index in [2.05, 4.69) is 24.9 Å². The number of carbonyl (C=O) groups excluding carboxylic acids is 2. The Morgan fingerprint density at radius 3 is 2.86 bits per heavy atom. The molecular weight excluding hydrogens is 374 g/mol. The summed E-state index contributed by atoms with van der Waals surface area (Å²) in [6.07, 6.45) is 7.26. The van der Waals surface area contributed by atoms with Gasteiger partial charge in [0.15, 0.2) is 0 Å². The van der Waals surface area contributed by atoms with Crippen LogP contribution in [0.2, 0.25) is 0 Å². The number of aliphatic hydroxyl groups excluding tert-OH is 1. The number of allylic oxidation sites excluding steroid dienone is 1. The van der Waals surface area contributed by atoms with Gasteiger partial charge >= 0.3 is 12.1 Å². The van der Waals surface area contributed by atoms with Crippen molar-refractivity contribution < 1.29 is 28.9 Å². The highest BCUT2D eigenvalue weighted by atomic mass is 16.6. The summed E-state index contributed by atoms with van der Waals surface area (Å²) in [5, 5.41) is 12.5. The molecule has 0 aromatic carbocycles. The lowest BCUT2D eigenvalue weighted by atomic mass is 9.84. The number of nitrogens with one attached hydrogen (secondary N) is 1.